The Hall–Kier alpha value is -2.92. The summed E-state index contributed by atoms with van der Waals surface area (Å²) in [6.07, 6.45) is 4.46. The molecule has 1 N–H and O–H groups in total. The van der Waals surface area contributed by atoms with Crippen LogP contribution in [0.2, 0.25) is 0 Å². The highest BCUT2D eigenvalue weighted by Gasteiger charge is 2.17. The molecule has 0 radical (unpaired) electrons. The van der Waals surface area contributed by atoms with Gasteiger partial charge >= 0.3 is 5.97 Å². The Balaban J connectivity index is 1.65. The molecule has 4 rings (SSSR count). The van der Waals surface area contributed by atoms with E-state index in [2.05, 4.69) is 44.1 Å². The van der Waals surface area contributed by atoms with Crippen molar-refractivity contribution in [3.05, 3.63) is 69.2 Å². The van der Waals surface area contributed by atoms with Gasteiger partial charge in [-0.2, -0.15) is 0 Å². The van der Waals surface area contributed by atoms with Crippen LogP contribution in [0.5, 0.6) is 0 Å². The molecule has 0 amide bonds. The van der Waals surface area contributed by atoms with Crippen molar-refractivity contribution in [1.29, 1.82) is 0 Å². The molecule has 0 aliphatic carbocycles. The minimum atomic E-state index is -0.966. The summed E-state index contributed by atoms with van der Waals surface area (Å²) in [5.41, 5.74) is 6.21. The van der Waals surface area contributed by atoms with Crippen molar-refractivity contribution in [3.8, 4) is 0 Å². The minimum absolute atomic E-state index is 0.469. The lowest BCUT2D eigenvalue weighted by molar-refractivity contribution is -0.131. The first-order valence-corrected chi connectivity index (χ1v) is 11.0. The molecular weight excluding hydrogens is 394 g/mol. The number of thiophene rings is 1. The number of aromatic nitrogens is 1. The third kappa shape index (κ3) is 3.90. The number of benzene rings is 2. The monoisotopic (exact) mass is 419 g/mol. The van der Waals surface area contributed by atoms with Gasteiger partial charge in [0, 0.05) is 21.0 Å². The van der Waals surface area contributed by atoms with Crippen LogP contribution in [-0.4, -0.2) is 16.2 Å². The Morgan fingerprint density at radius 3 is 2.70 bits per heavy atom. The maximum atomic E-state index is 10.8. The molecule has 0 saturated heterocycles. The Kier molecular flexibility index (Phi) is 5.48. The van der Waals surface area contributed by atoms with Gasteiger partial charge in [0.2, 0.25) is 0 Å². The smallest absolute Gasteiger partial charge is 0.328 e. The van der Waals surface area contributed by atoms with Gasteiger partial charge in [0.25, 0.3) is 0 Å². The molecule has 30 heavy (non-hydrogen) atoms. The van der Waals surface area contributed by atoms with Crippen molar-refractivity contribution in [2.75, 3.05) is 0 Å². The number of aryl methyl sites for hydroxylation is 4. The van der Waals surface area contributed by atoms with Gasteiger partial charge < -0.3 is 9.63 Å². The number of nitrogens with zero attached hydrogens (tertiary/aromatic N) is 1. The molecule has 0 spiro atoms. The first kappa shape index (κ1) is 20.4. The van der Waals surface area contributed by atoms with Crippen molar-refractivity contribution in [2.24, 2.45) is 0 Å². The van der Waals surface area contributed by atoms with Gasteiger partial charge in [0.1, 0.15) is 0 Å². The molecule has 0 bridgehead atoms. The normalized spacial score (nSPS) is 12.0. The number of fused-ring (bicyclic) bond motifs is 2. The third-order valence-electron chi connectivity index (χ3n) is 5.47. The highest BCUT2D eigenvalue weighted by atomic mass is 32.1. The number of hydrogen-bond acceptors (Lipinski definition) is 4. The highest BCUT2D eigenvalue weighted by Crippen LogP contribution is 2.37. The van der Waals surface area contributed by atoms with Crippen LogP contribution in [0.1, 0.15) is 52.6 Å². The van der Waals surface area contributed by atoms with E-state index in [1.54, 1.807) is 6.08 Å². The molecule has 0 atom stereocenters. The lowest BCUT2D eigenvalue weighted by atomic mass is 9.96. The second-order valence-electron chi connectivity index (χ2n) is 8.10. The van der Waals surface area contributed by atoms with Gasteiger partial charge in [0.05, 0.1) is 5.69 Å². The number of carbonyl (C=O) groups is 1. The summed E-state index contributed by atoms with van der Waals surface area (Å²) in [7, 11) is 0. The quantitative estimate of drug-likeness (QED) is 0.355. The predicted molar refractivity (Wildman–Crippen MR) is 123 cm³/mol. The Morgan fingerprint density at radius 2 is 1.97 bits per heavy atom. The van der Waals surface area contributed by atoms with Crippen LogP contribution in [0, 0.1) is 13.8 Å². The van der Waals surface area contributed by atoms with Crippen LogP contribution in [0.4, 0.5) is 0 Å². The fourth-order valence-electron chi connectivity index (χ4n) is 4.00. The fourth-order valence-corrected chi connectivity index (χ4v) is 5.46. The van der Waals surface area contributed by atoms with Gasteiger partial charge in [-0.05, 0) is 84.5 Å². The summed E-state index contributed by atoms with van der Waals surface area (Å²) in [5, 5.41) is 15.6. The zero-order valence-corrected chi connectivity index (χ0v) is 18.5. The number of carboxylic acid groups (broad SMARTS) is 1. The van der Waals surface area contributed by atoms with E-state index in [9.17, 15) is 4.79 Å². The summed E-state index contributed by atoms with van der Waals surface area (Å²) in [6.45, 7) is 8.62. The summed E-state index contributed by atoms with van der Waals surface area (Å²) in [6, 6.07) is 10.6. The summed E-state index contributed by atoms with van der Waals surface area (Å²) in [5.74, 6) is -0.497. The molecule has 2 heterocycles. The summed E-state index contributed by atoms with van der Waals surface area (Å²) in [4.78, 5) is 12.2. The standard InChI is InChI=1S/C25H25NO3S/c1-14(2)25-18-7-5-15(3)11-23(18)30-22(25)9-8-20-19-12-16(4)17(6-10-24(27)28)13-21(19)29-26-20/h5-7,10-14H,8-9H2,1-4H3,(H,27,28)/b10-6+. The SMILES string of the molecule is Cc1ccc2c(C(C)C)c(CCc3noc4cc(/C=C/C(=O)O)c(C)cc34)sc2c1. The van der Waals surface area contributed by atoms with Crippen LogP contribution in [-0.2, 0) is 17.6 Å². The maximum Gasteiger partial charge on any atom is 0.328 e. The molecule has 154 valence electrons. The number of aliphatic carboxylic acids is 1. The van der Waals surface area contributed by atoms with Crippen LogP contribution >= 0.6 is 11.3 Å². The Labute approximate surface area is 179 Å². The summed E-state index contributed by atoms with van der Waals surface area (Å²) < 4.78 is 6.92. The number of rotatable bonds is 6. The lowest BCUT2D eigenvalue weighted by Gasteiger charge is -2.08. The molecule has 2 aromatic carbocycles. The first-order valence-electron chi connectivity index (χ1n) is 10.2. The second kappa shape index (κ2) is 8.07. The molecular formula is C25H25NO3S. The molecule has 0 fully saturated rings. The average Bonchev–Trinajstić information content (AvgIpc) is 3.24. The molecule has 0 saturated carbocycles. The van der Waals surface area contributed by atoms with Gasteiger partial charge in [-0.25, -0.2) is 4.79 Å². The zero-order valence-electron chi connectivity index (χ0n) is 17.7. The van der Waals surface area contributed by atoms with Crippen molar-refractivity contribution >= 4 is 44.4 Å². The topological polar surface area (TPSA) is 63.3 Å². The van der Waals surface area contributed by atoms with Crippen LogP contribution in [0.15, 0.2) is 40.9 Å². The van der Waals surface area contributed by atoms with Crippen LogP contribution in [0.25, 0.3) is 27.1 Å². The van der Waals surface area contributed by atoms with Crippen molar-refractivity contribution < 1.29 is 14.4 Å². The summed E-state index contributed by atoms with van der Waals surface area (Å²) >= 11 is 1.89. The van der Waals surface area contributed by atoms with Crippen LogP contribution < -0.4 is 0 Å². The Bertz CT molecular complexity index is 1280. The van der Waals surface area contributed by atoms with Crippen molar-refractivity contribution in [3.63, 3.8) is 0 Å². The number of carboxylic acids is 1. The largest absolute Gasteiger partial charge is 0.478 e. The second-order valence-corrected chi connectivity index (χ2v) is 9.24. The van der Waals surface area contributed by atoms with E-state index in [-0.39, 0.29) is 0 Å². The van der Waals surface area contributed by atoms with E-state index in [4.69, 9.17) is 9.63 Å². The Morgan fingerprint density at radius 1 is 1.17 bits per heavy atom. The third-order valence-corrected chi connectivity index (χ3v) is 6.69. The molecule has 5 heteroatoms. The van der Waals surface area contributed by atoms with Gasteiger partial charge in [0.15, 0.2) is 5.58 Å². The molecule has 4 aromatic rings. The molecule has 0 aliphatic rings. The number of hydrogen-bond donors (Lipinski definition) is 1. The van der Waals surface area contributed by atoms with Crippen molar-refractivity contribution in [2.45, 2.75) is 46.5 Å². The van der Waals surface area contributed by atoms with Gasteiger partial charge in [-0.3, -0.25) is 0 Å². The minimum Gasteiger partial charge on any atom is -0.478 e. The van der Waals surface area contributed by atoms with E-state index >= 15 is 0 Å². The van der Waals surface area contributed by atoms with E-state index in [0.29, 0.717) is 11.5 Å². The maximum absolute atomic E-state index is 10.8. The van der Waals surface area contributed by atoms with E-state index in [1.807, 2.05) is 30.4 Å². The first-order chi connectivity index (χ1) is 14.3. The molecule has 2 aromatic heterocycles. The van der Waals surface area contributed by atoms with Crippen molar-refractivity contribution in [1.82, 2.24) is 5.16 Å². The van der Waals surface area contributed by atoms with E-state index in [0.717, 1.165) is 41.1 Å². The molecule has 4 nitrogen and oxygen atoms in total. The zero-order chi connectivity index (χ0) is 21.4. The molecule has 0 unspecified atom stereocenters. The lowest BCUT2D eigenvalue weighted by Crippen LogP contribution is -1.96. The predicted octanol–water partition coefficient (Wildman–Crippen LogP) is 6.67. The average molecular weight is 420 g/mol. The van der Waals surface area contributed by atoms with Gasteiger partial charge in [-0.15, -0.1) is 11.3 Å². The van der Waals surface area contributed by atoms with Crippen LogP contribution in [0.3, 0.4) is 0 Å². The fraction of sp³-hybridized carbons (Fsp3) is 0.280. The van der Waals surface area contributed by atoms with Gasteiger partial charge in [-0.1, -0.05) is 31.1 Å². The van der Waals surface area contributed by atoms with E-state index < -0.39 is 5.97 Å². The molecule has 0 aliphatic heterocycles. The highest BCUT2D eigenvalue weighted by molar-refractivity contribution is 7.19. The van der Waals surface area contributed by atoms with E-state index in [1.165, 1.54) is 26.1 Å².